The van der Waals surface area contributed by atoms with Gasteiger partial charge < -0.3 is 4.42 Å². The highest BCUT2D eigenvalue weighted by molar-refractivity contribution is 6.11. The zero-order valence-corrected chi connectivity index (χ0v) is 26.3. The highest BCUT2D eigenvalue weighted by Crippen LogP contribution is 2.36. The molecule has 0 atom stereocenters. The number of hydrogen-bond acceptors (Lipinski definition) is 4. The van der Waals surface area contributed by atoms with Gasteiger partial charge in [-0.1, -0.05) is 115 Å². The molecule has 10 aromatic rings. The van der Waals surface area contributed by atoms with Gasteiger partial charge in [0, 0.05) is 27.5 Å². The van der Waals surface area contributed by atoms with Gasteiger partial charge in [-0.2, -0.15) is 0 Å². The number of hydrogen-bond donors (Lipinski definition) is 0. The molecule has 0 aliphatic rings. The Morgan fingerprint density at radius 2 is 0.755 bits per heavy atom. The normalized spacial score (nSPS) is 11.7. The van der Waals surface area contributed by atoms with Crippen LogP contribution in [0.2, 0.25) is 0 Å². The van der Waals surface area contributed by atoms with Crippen molar-refractivity contribution in [2.75, 3.05) is 0 Å². The van der Waals surface area contributed by atoms with Crippen LogP contribution in [0.3, 0.4) is 0 Å². The van der Waals surface area contributed by atoms with Gasteiger partial charge in [-0.05, 0) is 92.0 Å². The molecule has 49 heavy (non-hydrogen) atoms. The Kier molecular flexibility index (Phi) is 6.15. The van der Waals surface area contributed by atoms with Gasteiger partial charge >= 0.3 is 0 Å². The zero-order valence-electron chi connectivity index (χ0n) is 26.3. The number of furan rings is 1. The number of rotatable bonds is 4. The van der Waals surface area contributed by atoms with Crippen molar-refractivity contribution in [1.82, 2.24) is 15.0 Å². The molecule has 0 saturated carbocycles. The highest BCUT2D eigenvalue weighted by Gasteiger charge is 2.16. The first kappa shape index (κ1) is 27.5. The van der Waals surface area contributed by atoms with Crippen LogP contribution < -0.4 is 0 Å². The summed E-state index contributed by atoms with van der Waals surface area (Å²) < 4.78 is 6.31. The zero-order chi connectivity index (χ0) is 32.3. The Balaban J connectivity index is 1.16. The summed E-state index contributed by atoms with van der Waals surface area (Å²) in [6.45, 7) is 0. The molecular formula is C45H27N3O. The standard InChI is InChI=1S/C45H27N3O/c1-2-8-28(9-3-1)34-17-14-30-16-19-36(24-38(30)23-34)44-46-43(35-18-15-29-10-4-5-11-31(29)22-35)47-45(48-44)37-20-21-41-39(26-37)40-25-32-12-6-7-13-33(32)27-42(40)49-41/h1-27H. The van der Waals surface area contributed by atoms with Crippen molar-refractivity contribution < 1.29 is 4.42 Å². The van der Waals surface area contributed by atoms with E-state index in [0.717, 1.165) is 60.2 Å². The maximum Gasteiger partial charge on any atom is 0.164 e. The fourth-order valence-electron chi connectivity index (χ4n) is 6.89. The molecule has 10 rings (SSSR count). The maximum absolute atomic E-state index is 6.31. The Labute approximate surface area is 282 Å². The molecule has 0 amide bonds. The summed E-state index contributed by atoms with van der Waals surface area (Å²) in [5, 5.41) is 9.05. The van der Waals surface area contributed by atoms with Crippen LogP contribution in [0.1, 0.15) is 0 Å². The quantitative estimate of drug-likeness (QED) is 0.195. The molecule has 4 heteroatoms. The fraction of sp³-hybridized carbons (Fsp3) is 0. The van der Waals surface area contributed by atoms with Crippen LogP contribution in [0, 0.1) is 0 Å². The molecule has 4 nitrogen and oxygen atoms in total. The van der Waals surface area contributed by atoms with Crippen LogP contribution in [0.4, 0.5) is 0 Å². The van der Waals surface area contributed by atoms with Crippen LogP contribution in [-0.2, 0) is 0 Å². The van der Waals surface area contributed by atoms with Gasteiger partial charge in [0.2, 0.25) is 0 Å². The third-order valence-corrected chi connectivity index (χ3v) is 9.44. The van der Waals surface area contributed by atoms with E-state index in [2.05, 4.69) is 146 Å². The molecule has 0 unspecified atom stereocenters. The summed E-state index contributed by atoms with van der Waals surface area (Å²) in [6, 6.07) is 57.1. The van der Waals surface area contributed by atoms with Gasteiger partial charge in [0.15, 0.2) is 17.5 Å². The number of benzene rings is 8. The summed E-state index contributed by atoms with van der Waals surface area (Å²) >= 11 is 0. The molecule has 8 aromatic carbocycles. The minimum Gasteiger partial charge on any atom is -0.456 e. The number of aromatic nitrogens is 3. The first-order valence-corrected chi connectivity index (χ1v) is 16.4. The molecule has 0 bridgehead atoms. The van der Waals surface area contributed by atoms with E-state index in [4.69, 9.17) is 19.4 Å². The van der Waals surface area contributed by atoms with Gasteiger partial charge in [-0.15, -0.1) is 0 Å². The first-order valence-electron chi connectivity index (χ1n) is 16.4. The van der Waals surface area contributed by atoms with Crippen LogP contribution in [-0.4, -0.2) is 15.0 Å². The Bertz CT molecular complexity index is 2890. The van der Waals surface area contributed by atoms with Crippen LogP contribution >= 0.6 is 0 Å². The SMILES string of the molecule is c1ccc(-c2ccc3ccc(-c4nc(-c5ccc6ccccc6c5)nc(-c5ccc6oc7cc8ccccc8cc7c6c5)n4)cc3c2)cc1. The predicted octanol–water partition coefficient (Wildman–Crippen LogP) is 11.9. The summed E-state index contributed by atoms with van der Waals surface area (Å²) in [5.41, 5.74) is 6.84. The number of fused-ring (bicyclic) bond motifs is 6. The van der Waals surface area contributed by atoms with Crippen molar-refractivity contribution in [1.29, 1.82) is 0 Å². The molecule has 0 radical (unpaired) electrons. The minimum absolute atomic E-state index is 0.614. The van der Waals surface area contributed by atoms with E-state index in [0.29, 0.717) is 17.5 Å². The lowest BCUT2D eigenvalue weighted by atomic mass is 9.99. The molecule has 0 spiro atoms. The molecule has 0 saturated heterocycles. The van der Waals surface area contributed by atoms with E-state index in [1.165, 1.54) is 21.9 Å². The van der Waals surface area contributed by atoms with Gasteiger partial charge in [-0.25, -0.2) is 15.0 Å². The van der Waals surface area contributed by atoms with Crippen molar-refractivity contribution in [3.05, 3.63) is 164 Å². The largest absolute Gasteiger partial charge is 0.456 e. The Hall–Kier alpha value is -6.65. The summed E-state index contributed by atoms with van der Waals surface area (Å²) in [4.78, 5) is 15.3. The first-order chi connectivity index (χ1) is 24.2. The lowest BCUT2D eigenvalue weighted by molar-refractivity contribution is 0.669. The highest BCUT2D eigenvalue weighted by atomic mass is 16.3. The molecule has 2 aromatic heterocycles. The van der Waals surface area contributed by atoms with E-state index in [-0.39, 0.29) is 0 Å². The second-order valence-corrected chi connectivity index (χ2v) is 12.5. The van der Waals surface area contributed by atoms with Crippen molar-refractivity contribution in [2.45, 2.75) is 0 Å². The molecule has 0 aliphatic heterocycles. The van der Waals surface area contributed by atoms with Crippen molar-refractivity contribution >= 4 is 54.3 Å². The minimum atomic E-state index is 0.614. The smallest absolute Gasteiger partial charge is 0.164 e. The third-order valence-electron chi connectivity index (χ3n) is 9.44. The molecule has 0 fully saturated rings. The Morgan fingerprint density at radius 3 is 1.45 bits per heavy atom. The van der Waals surface area contributed by atoms with Crippen LogP contribution in [0.25, 0.3) is 99.5 Å². The fourth-order valence-corrected chi connectivity index (χ4v) is 6.89. The molecule has 228 valence electrons. The van der Waals surface area contributed by atoms with E-state index in [1.54, 1.807) is 0 Å². The summed E-state index contributed by atoms with van der Waals surface area (Å²) in [7, 11) is 0. The van der Waals surface area contributed by atoms with Crippen molar-refractivity contribution in [3.63, 3.8) is 0 Å². The lowest BCUT2D eigenvalue weighted by Crippen LogP contribution is -2.00. The maximum atomic E-state index is 6.31. The van der Waals surface area contributed by atoms with Crippen molar-refractivity contribution in [2.24, 2.45) is 0 Å². The van der Waals surface area contributed by atoms with Crippen LogP contribution in [0.15, 0.2) is 168 Å². The predicted molar refractivity (Wildman–Crippen MR) is 201 cm³/mol. The van der Waals surface area contributed by atoms with E-state index in [1.807, 2.05) is 18.2 Å². The van der Waals surface area contributed by atoms with Gasteiger partial charge in [0.05, 0.1) is 0 Å². The topological polar surface area (TPSA) is 51.8 Å². The molecule has 0 N–H and O–H groups in total. The molecule has 0 aliphatic carbocycles. The van der Waals surface area contributed by atoms with E-state index >= 15 is 0 Å². The summed E-state index contributed by atoms with van der Waals surface area (Å²) in [5.74, 6) is 1.87. The average Bonchev–Trinajstić information content (AvgIpc) is 3.53. The second kappa shape index (κ2) is 11.0. The molecular weight excluding hydrogens is 599 g/mol. The molecule has 2 heterocycles. The van der Waals surface area contributed by atoms with Gasteiger partial charge in [-0.3, -0.25) is 0 Å². The second-order valence-electron chi connectivity index (χ2n) is 12.5. The lowest BCUT2D eigenvalue weighted by Gasteiger charge is -2.10. The van der Waals surface area contributed by atoms with Crippen molar-refractivity contribution in [3.8, 4) is 45.3 Å². The van der Waals surface area contributed by atoms with Gasteiger partial charge in [0.25, 0.3) is 0 Å². The summed E-state index contributed by atoms with van der Waals surface area (Å²) in [6.07, 6.45) is 0. The average molecular weight is 626 g/mol. The monoisotopic (exact) mass is 625 g/mol. The van der Waals surface area contributed by atoms with E-state index < -0.39 is 0 Å². The third kappa shape index (κ3) is 4.81. The Morgan fingerprint density at radius 1 is 0.286 bits per heavy atom. The van der Waals surface area contributed by atoms with Gasteiger partial charge in [0.1, 0.15) is 11.2 Å². The van der Waals surface area contributed by atoms with Crippen LogP contribution in [0.5, 0.6) is 0 Å². The number of nitrogens with zero attached hydrogens (tertiary/aromatic N) is 3. The van der Waals surface area contributed by atoms with E-state index in [9.17, 15) is 0 Å².